The fraction of sp³-hybridized carbons (Fsp3) is 0.200. The van der Waals surface area contributed by atoms with E-state index in [1.54, 1.807) is 7.11 Å². The second kappa shape index (κ2) is 6.55. The molecule has 0 saturated heterocycles. The minimum atomic E-state index is -0.547. The van der Waals surface area contributed by atoms with Crippen LogP contribution in [0.2, 0.25) is 0 Å². The van der Waals surface area contributed by atoms with Crippen molar-refractivity contribution >= 4 is 31.9 Å². The first kappa shape index (κ1) is 14.6. The Kier molecular flexibility index (Phi) is 5.02. The minimum absolute atomic E-state index is 0.547. The van der Waals surface area contributed by atoms with E-state index >= 15 is 0 Å². The van der Waals surface area contributed by atoms with Gasteiger partial charge in [0.1, 0.15) is 5.75 Å². The maximum atomic E-state index is 10.3. The summed E-state index contributed by atoms with van der Waals surface area (Å²) in [6, 6.07) is 13.6. The Balaban J connectivity index is 2.18. The number of halogens is 2. The van der Waals surface area contributed by atoms with Crippen LogP contribution in [0, 0.1) is 0 Å². The molecule has 2 rings (SSSR count). The molecule has 0 radical (unpaired) electrons. The van der Waals surface area contributed by atoms with Crippen molar-refractivity contribution < 1.29 is 9.84 Å². The number of ether oxygens (including phenoxy) is 1. The maximum Gasteiger partial charge on any atom is 0.120 e. The lowest BCUT2D eigenvalue weighted by Gasteiger charge is -2.14. The Bertz CT molecular complexity index is 570. The molecule has 0 aromatic heterocycles. The fourth-order valence-electron chi connectivity index (χ4n) is 1.90. The highest BCUT2D eigenvalue weighted by molar-refractivity contribution is 9.10. The molecule has 100 valence electrons. The lowest BCUT2D eigenvalue weighted by atomic mass is 10.0. The van der Waals surface area contributed by atoms with Gasteiger partial charge in [0.2, 0.25) is 0 Å². The Morgan fingerprint density at radius 3 is 2.58 bits per heavy atom. The van der Waals surface area contributed by atoms with Crippen LogP contribution in [0.4, 0.5) is 0 Å². The number of hydrogen-bond donors (Lipinski definition) is 1. The van der Waals surface area contributed by atoms with E-state index in [-0.39, 0.29) is 0 Å². The van der Waals surface area contributed by atoms with Gasteiger partial charge in [-0.3, -0.25) is 0 Å². The summed E-state index contributed by atoms with van der Waals surface area (Å²) in [5, 5.41) is 10.3. The summed E-state index contributed by atoms with van der Waals surface area (Å²) in [6.45, 7) is 0. The van der Waals surface area contributed by atoms with Gasteiger partial charge in [-0.25, -0.2) is 0 Å². The molecule has 1 atom stereocenters. The van der Waals surface area contributed by atoms with E-state index in [0.29, 0.717) is 6.42 Å². The molecule has 0 amide bonds. The minimum Gasteiger partial charge on any atom is -0.497 e. The maximum absolute atomic E-state index is 10.3. The van der Waals surface area contributed by atoms with Crippen LogP contribution in [0.3, 0.4) is 0 Å². The average molecular weight is 386 g/mol. The summed E-state index contributed by atoms with van der Waals surface area (Å²) >= 11 is 6.90. The van der Waals surface area contributed by atoms with Gasteiger partial charge in [0.25, 0.3) is 0 Å². The van der Waals surface area contributed by atoms with Crippen molar-refractivity contribution in [3.8, 4) is 5.75 Å². The Hall–Kier alpha value is -0.840. The molecule has 0 bridgehead atoms. The van der Waals surface area contributed by atoms with Crippen molar-refractivity contribution in [2.24, 2.45) is 0 Å². The van der Waals surface area contributed by atoms with Gasteiger partial charge in [0, 0.05) is 15.4 Å². The standard InChI is InChI=1S/C15H14Br2O2/c1-19-12-5-6-13(14(17)9-12)15(18)8-10-3-2-4-11(16)7-10/h2-7,9,15,18H,8H2,1H3. The molecule has 4 heteroatoms. The quantitative estimate of drug-likeness (QED) is 0.839. The van der Waals surface area contributed by atoms with Crippen LogP contribution in [0.25, 0.3) is 0 Å². The second-order valence-corrected chi connectivity index (χ2v) is 6.01. The van der Waals surface area contributed by atoms with Gasteiger partial charge in [0.05, 0.1) is 13.2 Å². The molecule has 0 fully saturated rings. The molecule has 2 nitrogen and oxygen atoms in total. The molecule has 0 saturated carbocycles. The molecular formula is C15H14Br2O2. The Morgan fingerprint density at radius 1 is 1.16 bits per heavy atom. The molecule has 1 N–H and O–H groups in total. The zero-order chi connectivity index (χ0) is 13.8. The van der Waals surface area contributed by atoms with Gasteiger partial charge in [-0.05, 0) is 35.4 Å². The number of methoxy groups -OCH3 is 1. The molecule has 0 spiro atoms. The monoisotopic (exact) mass is 384 g/mol. The third-order valence-electron chi connectivity index (χ3n) is 2.88. The predicted molar refractivity (Wildman–Crippen MR) is 83.5 cm³/mol. The van der Waals surface area contributed by atoms with E-state index in [1.165, 1.54) is 0 Å². The van der Waals surface area contributed by atoms with Crippen LogP contribution >= 0.6 is 31.9 Å². The molecule has 0 heterocycles. The Labute approximate surface area is 129 Å². The van der Waals surface area contributed by atoms with Gasteiger partial charge in [-0.15, -0.1) is 0 Å². The molecule has 19 heavy (non-hydrogen) atoms. The topological polar surface area (TPSA) is 29.5 Å². The summed E-state index contributed by atoms with van der Waals surface area (Å²) in [5.74, 6) is 0.769. The van der Waals surface area contributed by atoms with Gasteiger partial charge >= 0.3 is 0 Å². The first-order chi connectivity index (χ1) is 9.10. The highest BCUT2D eigenvalue weighted by atomic mass is 79.9. The SMILES string of the molecule is COc1ccc(C(O)Cc2cccc(Br)c2)c(Br)c1. The third kappa shape index (κ3) is 3.81. The average Bonchev–Trinajstić information content (AvgIpc) is 2.38. The lowest BCUT2D eigenvalue weighted by molar-refractivity contribution is 0.177. The van der Waals surface area contributed by atoms with Crippen molar-refractivity contribution in [1.82, 2.24) is 0 Å². The number of aliphatic hydroxyl groups excluding tert-OH is 1. The van der Waals surface area contributed by atoms with Crippen molar-refractivity contribution in [2.45, 2.75) is 12.5 Å². The lowest BCUT2D eigenvalue weighted by Crippen LogP contribution is -2.03. The first-order valence-electron chi connectivity index (χ1n) is 5.86. The fourth-order valence-corrected chi connectivity index (χ4v) is 2.97. The smallest absolute Gasteiger partial charge is 0.120 e. The molecule has 1 unspecified atom stereocenters. The van der Waals surface area contributed by atoms with Gasteiger partial charge in [-0.1, -0.05) is 50.1 Å². The highest BCUT2D eigenvalue weighted by Gasteiger charge is 2.13. The van der Waals surface area contributed by atoms with E-state index in [4.69, 9.17) is 4.74 Å². The summed E-state index contributed by atoms with van der Waals surface area (Å²) in [6.07, 6.45) is 0.0271. The number of hydrogen-bond acceptors (Lipinski definition) is 2. The van der Waals surface area contributed by atoms with Gasteiger partial charge in [0.15, 0.2) is 0 Å². The molecule has 0 aliphatic rings. The number of aliphatic hydroxyl groups is 1. The predicted octanol–water partition coefficient (Wildman–Crippen LogP) is 4.50. The molecular weight excluding hydrogens is 372 g/mol. The van der Waals surface area contributed by atoms with Crippen molar-refractivity contribution in [2.75, 3.05) is 7.11 Å². The summed E-state index contributed by atoms with van der Waals surface area (Å²) in [4.78, 5) is 0. The molecule has 0 aliphatic heterocycles. The van der Waals surface area contributed by atoms with Crippen molar-refractivity contribution in [1.29, 1.82) is 0 Å². The van der Waals surface area contributed by atoms with Crippen LogP contribution < -0.4 is 4.74 Å². The Morgan fingerprint density at radius 2 is 1.95 bits per heavy atom. The van der Waals surface area contributed by atoms with Crippen LogP contribution in [-0.4, -0.2) is 12.2 Å². The summed E-state index contributed by atoms with van der Waals surface area (Å²) in [7, 11) is 1.62. The third-order valence-corrected chi connectivity index (χ3v) is 4.06. The van der Waals surface area contributed by atoms with E-state index in [2.05, 4.69) is 31.9 Å². The number of benzene rings is 2. The van der Waals surface area contributed by atoms with Crippen LogP contribution in [0.5, 0.6) is 5.75 Å². The van der Waals surface area contributed by atoms with Crippen LogP contribution in [0.1, 0.15) is 17.2 Å². The van der Waals surface area contributed by atoms with Gasteiger partial charge in [-0.2, -0.15) is 0 Å². The van der Waals surface area contributed by atoms with E-state index in [9.17, 15) is 5.11 Å². The normalized spacial score (nSPS) is 12.2. The van der Waals surface area contributed by atoms with Crippen LogP contribution in [0.15, 0.2) is 51.4 Å². The molecule has 2 aromatic rings. The van der Waals surface area contributed by atoms with E-state index < -0.39 is 6.10 Å². The van der Waals surface area contributed by atoms with Gasteiger partial charge < -0.3 is 9.84 Å². The second-order valence-electron chi connectivity index (χ2n) is 4.24. The number of rotatable bonds is 4. The zero-order valence-electron chi connectivity index (χ0n) is 10.4. The summed E-state index contributed by atoms with van der Waals surface area (Å²) < 4.78 is 7.02. The molecule has 0 aliphatic carbocycles. The van der Waals surface area contributed by atoms with Crippen molar-refractivity contribution in [3.63, 3.8) is 0 Å². The van der Waals surface area contributed by atoms with Crippen molar-refractivity contribution in [3.05, 3.63) is 62.5 Å². The largest absolute Gasteiger partial charge is 0.497 e. The first-order valence-corrected chi connectivity index (χ1v) is 7.44. The van der Waals surface area contributed by atoms with E-state index in [0.717, 1.165) is 25.8 Å². The highest BCUT2D eigenvalue weighted by Crippen LogP contribution is 2.29. The molecule has 2 aromatic carbocycles. The zero-order valence-corrected chi connectivity index (χ0v) is 13.6. The summed E-state index contributed by atoms with van der Waals surface area (Å²) in [5.41, 5.74) is 1.95. The van der Waals surface area contributed by atoms with E-state index in [1.807, 2.05) is 42.5 Å². The van der Waals surface area contributed by atoms with Crippen LogP contribution in [-0.2, 0) is 6.42 Å².